The van der Waals surface area contributed by atoms with Gasteiger partial charge in [-0.1, -0.05) is 56.3 Å². The number of anilines is 1. The average molecular weight is 405 g/mol. The zero-order valence-corrected chi connectivity index (χ0v) is 17.6. The molecule has 2 N–H and O–H groups in total. The van der Waals surface area contributed by atoms with Crippen molar-refractivity contribution < 1.29 is 9.59 Å². The molecule has 0 saturated carbocycles. The second-order valence-electron chi connectivity index (χ2n) is 7.74. The first-order chi connectivity index (χ1) is 14.4. The summed E-state index contributed by atoms with van der Waals surface area (Å²) in [7, 11) is 0. The van der Waals surface area contributed by atoms with Gasteiger partial charge in [0, 0.05) is 24.6 Å². The number of imidazole rings is 1. The summed E-state index contributed by atoms with van der Waals surface area (Å²) in [5.41, 5.74) is 2.74. The lowest BCUT2D eigenvalue weighted by molar-refractivity contribution is -0.127. The minimum absolute atomic E-state index is 0.0341. The molecule has 6 heteroatoms. The Morgan fingerprint density at radius 1 is 1.00 bits per heavy atom. The van der Waals surface area contributed by atoms with Gasteiger partial charge < -0.3 is 15.2 Å². The summed E-state index contributed by atoms with van der Waals surface area (Å²) in [6, 6.07) is 16.6. The molecule has 2 aromatic carbocycles. The second-order valence-corrected chi connectivity index (χ2v) is 7.74. The van der Waals surface area contributed by atoms with E-state index in [-0.39, 0.29) is 24.2 Å². The van der Waals surface area contributed by atoms with Crippen molar-refractivity contribution >= 4 is 17.5 Å². The summed E-state index contributed by atoms with van der Waals surface area (Å²) >= 11 is 0. The van der Waals surface area contributed by atoms with Crippen molar-refractivity contribution in [1.29, 1.82) is 0 Å². The molecule has 0 aliphatic carbocycles. The van der Waals surface area contributed by atoms with Crippen LogP contribution >= 0.6 is 0 Å². The summed E-state index contributed by atoms with van der Waals surface area (Å²) < 4.78 is 2.06. The van der Waals surface area contributed by atoms with E-state index < -0.39 is 6.04 Å². The Morgan fingerprint density at radius 2 is 1.70 bits per heavy atom. The number of rotatable bonds is 8. The molecule has 0 fully saturated rings. The Labute approximate surface area is 177 Å². The molecule has 156 valence electrons. The monoisotopic (exact) mass is 404 g/mol. The van der Waals surface area contributed by atoms with Gasteiger partial charge in [-0.15, -0.1) is 0 Å². The molecule has 3 rings (SSSR count). The van der Waals surface area contributed by atoms with E-state index in [1.807, 2.05) is 81.6 Å². The summed E-state index contributed by atoms with van der Waals surface area (Å²) in [5.74, 6) is 0.539. The van der Waals surface area contributed by atoms with E-state index in [1.165, 1.54) is 0 Å². The SMILES string of the molecule is Cc1nccn1Cc1ccc(NC(=O)C(NC(=O)Cc2ccccc2)C(C)C)cc1. The number of aryl methyl sites for hydroxylation is 1. The van der Waals surface area contributed by atoms with Crippen molar-refractivity contribution in [2.75, 3.05) is 5.32 Å². The number of carbonyl (C=O) groups excluding carboxylic acids is 2. The van der Waals surface area contributed by atoms with E-state index in [0.29, 0.717) is 5.69 Å². The van der Waals surface area contributed by atoms with Crippen LogP contribution in [0.5, 0.6) is 0 Å². The number of nitrogens with one attached hydrogen (secondary N) is 2. The molecule has 3 aromatic rings. The Kier molecular flexibility index (Phi) is 7.01. The van der Waals surface area contributed by atoms with Gasteiger partial charge in [0.25, 0.3) is 0 Å². The lowest BCUT2D eigenvalue weighted by Gasteiger charge is -2.22. The average Bonchev–Trinajstić information content (AvgIpc) is 3.12. The van der Waals surface area contributed by atoms with Crippen LogP contribution in [-0.2, 0) is 22.6 Å². The Hall–Kier alpha value is -3.41. The highest BCUT2D eigenvalue weighted by Crippen LogP contribution is 2.14. The highest BCUT2D eigenvalue weighted by molar-refractivity contribution is 5.97. The third kappa shape index (κ3) is 5.80. The molecule has 1 heterocycles. The second kappa shape index (κ2) is 9.87. The molecule has 2 amide bonds. The maximum atomic E-state index is 12.8. The maximum absolute atomic E-state index is 12.8. The summed E-state index contributed by atoms with van der Waals surface area (Å²) in [4.78, 5) is 29.4. The summed E-state index contributed by atoms with van der Waals surface area (Å²) in [6.45, 7) is 6.53. The van der Waals surface area contributed by atoms with Crippen LogP contribution in [0.2, 0.25) is 0 Å². The van der Waals surface area contributed by atoms with E-state index in [4.69, 9.17) is 0 Å². The predicted molar refractivity (Wildman–Crippen MR) is 118 cm³/mol. The van der Waals surface area contributed by atoms with Crippen molar-refractivity contribution in [2.45, 2.75) is 39.8 Å². The molecule has 1 atom stereocenters. The number of benzene rings is 2. The van der Waals surface area contributed by atoms with Crippen LogP contribution in [0.4, 0.5) is 5.69 Å². The van der Waals surface area contributed by atoms with Gasteiger partial charge in [0.1, 0.15) is 11.9 Å². The van der Waals surface area contributed by atoms with Gasteiger partial charge in [0.05, 0.1) is 6.42 Å². The first-order valence-electron chi connectivity index (χ1n) is 10.1. The first kappa shape index (κ1) is 21.3. The minimum Gasteiger partial charge on any atom is -0.344 e. The van der Waals surface area contributed by atoms with Gasteiger partial charge in [-0.3, -0.25) is 9.59 Å². The standard InChI is InChI=1S/C24H28N4O2/c1-17(2)23(27-22(29)15-19-7-5-4-6-8-19)24(30)26-21-11-9-20(10-12-21)16-28-14-13-25-18(28)3/h4-14,17,23H,15-16H2,1-3H3,(H,26,30)(H,27,29). The molecule has 30 heavy (non-hydrogen) atoms. The van der Waals surface area contributed by atoms with Crippen LogP contribution in [0.1, 0.15) is 30.8 Å². The van der Waals surface area contributed by atoms with Gasteiger partial charge in [-0.2, -0.15) is 0 Å². The van der Waals surface area contributed by atoms with E-state index in [1.54, 1.807) is 6.20 Å². The number of hydrogen-bond acceptors (Lipinski definition) is 3. The molecule has 0 aliphatic heterocycles. The molecule has 0 bridgehead atoms. The molecule has 6 nitrogen and oxygen atoms in total. The third-order valence-corrected chi connectivity index (χ3v) is 4.97. The predicted octanol–water partition coefficient (Wildman–Crippen LogP) is 3.56. The van der Waals surface area contributed by atoms with Crippen LogP contribution in [0.3, 0.4) is 0 Å². The number of carbonyl (C=O) groups is 2. The number of aromatic nitrogens is 2. The van der Waals surface area contributed by atoms with Crippen molar-refractivity contribution in [3.05, 3.63) is 83.9 Å². The highest BCUT2D eigenvalue weighted by Gasteiger charge is 2.24. The molecule has 1 aromatic heterocycles. The van der Waals surface area contributed by atoms with Crippen LogP contribution in [0, 0.1) is 12.8 Å². The fourth-order valence-corrected chi connectivity index (χ4v) is 3.22. The largest absolute Gasteiger partial charge is 0.344 e. The van der Waals surface area contributed by atoms with Gasteiger partial charge in [-0.05, 0) is 36.1 Å². The Morgan fingerprint density at radius 3 is 2.30 bits per heavy atom. The third-order valence-electron chi connectivity index (χ3n) is 4.97. The van der Waals surface area contributed by atoms with Crippen LogP contribution in [0.25, 0.3) is 0 Å². The van der Waals surface area contributed by atoms with Crippen LogP contribution < -0.4 is 10.6 Å². The molecule has 1 unspecified atom stereocenters. The van der Waals surface area contributed by atoms with Gasteiger partial charge in [0.15, 0.2) is 0 Å². The number of hydrogen-bond donors (Lipinski definition) is 2. The molecule has 0 spiro atoms. The van der Waals surface area contributed by atoms with Crippen molar-refractivity contribution in [2.24, 2.45) is 5.92 Å². The van der Waals surface area contributed by atoms with Crippen molar-refractivity contribution in [3.63, 3.8) is 0 Å². The molecule has 0 aliphatic rings. The lowest BCUT2D eigenvalue weighted by Crippen LogP contribution is -2.47. The Balaban J connectivity index is 1.59. The van der Waals surface area contributed by atoms with Crippen molar-refractivity contribution in [3.8, 4) is 0 Å². The highest BCUT2D eigenvalue weighted by atomic mass is 16.2. The molecular weight excluding hydrogens is 376 g/mol. The number of amides is 2. The zero-order chi connectivity index (χ0) is 21.5. The van der Waals surface area contributed by atoms with Gasteiger partial charge >= 0.3 is 0 Å². The van der Waals surface area contributed by atoms with Crippen molar-refractivity contribution in [1.82, 2.24) is 14.9 Å². The van der Waals surface area contributed by atoms with Gasteiger partial charge in [-0.25, -0.2) is 4.98 Å². The van der Waals surface area contributed by atoms with Crippen LogP contribution in [-0.4, -0.2) is 27.4 Å². The molecule has 0 saturated heterocycles. The molecular formula is C24H28N4O2. The summed E-state index contributed by atoms with van der Waals surface area (Å²) in [5, 5.41) is 5.79. The topological polar surface area (TPSA) is 76.0 Å². The minimum atomic E-state index is -0.602. The zero-order valence-electron chi connectivity index (χ0n) is 17.6. The van der Waals surface area contributed by atoms with Crippen LogP contribution in [0.15, 0.2) is 67.0 Å². The Bertz CT molecular complexity index is 978. The molecule has 0 radical (unpaired) electrons. The van der Waals surface area contributed by atoms with E-state index in [0.717, 1.165) is 23.5 Å². The fraction of sp³-hybridized carbons (Fsp3) is 0.292. The fourth-order valence-electron chi connectivity index (χ4n) is 3.22. The normalized spacial score (nSPS) is 11.9. The summed E-state index contributed by atoms with van der Waals surface area (Å²) in [6.07, 6.45) is 3.97. The number of nitrogens with zero attached hydrogens (tertiary/aromatic N) is 2. The van der Waals surface area contributed by atoms with Gasteiger partial charge in [0.2, 0.25) is 11.8 Å². The van der Waals surface area contributed by atoms with E-state index in [9.17, 15) is 9.59 Å². The van der Waals surface area contributed by atoms with E-state index in [2.05, 4.69) is 20.2 Å². The van der Waals surface area contributed by atoms with E-state index >= 15 is 0 Å². The quantitative estimate of drug-likeness (QED) is 0.603. The first-order valence-corrected chi connectivity index (χ1v) is 10.1. The lowest BCUT2D eigenvalue weighted by atomic mass is 10.0. The maximum Gasteiger partial charge on any atom is 0.247 e. The smallest absolute Gasteiger partial charge is 0.247 e.